The average molecular weight is 369 g/mol. The minimum Gasteiger partial charge on any atom is -0.494 e. The maximum Gasteiger partial charge on any atom is 0.303 e. The van der Waals surface area contributed by atoms with Crippen molar-refractivity contribution in [3.8, 4) is 5.75 Å². The van der Waals surface area contributed by atoms with Crippen molar-refractivity contribution in [1.82, 2.24) is 0 Å². The number of sulfone groups is 1. The number of carboxylic acid groups (broad SMARTS) is 1. The summed E-state index contributed by atoms with van der Waals surface area (Å²) in [6, 6.07) is 6.57. The van der Waals surface area contributed by atoms with Crippen LogP contribution in [0.5, 0.6) is 5.75 Å². The van der Waals surface area contributed by atoms with Gasteiger partial charge in [0.05, 0.1) is 6.61 Å². The van der Waals surface area contributed by atoms with Crippen molar-refractivity contribution in [2.75, 3.05) is 18.2 Å². The molecule has 2 N–H and O–H groups in total. The number of ether oxygens (including phenoxy) is 1. The summed E-state index contributed by atoms with van der Waals surface area (Å²) in [6.45, 7) is 0.287. The van der Waals surface area contributed by atoms with Crippen LogP contribution in [0, 0.1) is 0 Å². The largest absolute Gasteiger partial charge is 0.494 e. The monoisotopic (exact) mass is 369 g/mol. The number of nitrogens with one attached hydrogen (secondary N) is 1. The van der Waals surface area contributed by atoms with Gasteiger partial charge in [0.2, 0.25) is 5.91 Å². The molecular weight excluding hydrogens is 346 g/mol. The van der Waals surface area contributed by atoms with Crippen LogP contribution in [0.25, 0.3) is 0 Å². The number of amides is 1. The first-order valence-corrected chi connectivity index (χ1v) is 10.1. The molecule has 1 aliphatic rings. The molecule has 1 aromatic carbocycles. The maximum atomic E-state index is 12.6. The number of aliphatic carboxylic acids is 1. The van der Waals surface area contributed by atoms with Gasteiger partial charge in [-0.15, -0.1) is 0 Å². The van der Waals surface area contributed by atoms with Gasteiger partial charge < -0.3 is 15.2 Å². The molecule has 1 saturated carbocycles. The summed E-state index contributed by atoms with van der Waals surface area (Å²) in [6.07, 6.45) is 3.72. The maximum absolute atomic E-state index is 12.6. The number of rotatable bonds is 8. The number of anilines is 1. The lowest BCUT2D eigenvalue weighted by atomic mass is 10.1. The van der Waals surface area contributed by atoms with E-state index < -0.39 is 26.5 Å². The van der Waals surface area contributed by atoms with Crippen molar-refractivity contribution >= 4 is 27.4 Å². The molecule has 0 spiro atoms. The molecule has 0 radical (unpaired) electrons. The van der Waals surface area contributed by atoms with Crippen molar-refractivity contribution in [2.45, 2.75) is 43.3 Å². The first-order valence-electron chi connectivity index (χ1n) is 8.20. The van der Waals surface area contributed by atoms with Gasteiger partial charge in [-0.25, -0.2) is 8.42 Å². The van der Waals surface area contributed by atoms with Crippen LogP contribution in [0.2, 0.25) is 0 Å². The topological polar surface area (TPSA) is 110 Å². The molecular formula is C17H23NO6S. The van der Waals surface area contributed by atoms with Crippen LogP contribution in [0.1, 0.15) is 38.5 Å². The summed E-state index contributed by atoms with van der Waals surface area (Å²) in [5.74, 6) is -0.793. The molecule has 0 heterocycles. The fourth-order valence-corrected chi connectivity index (χ4v) is 4.42. The van der Waals surface area contributed by atoms with E-state index in [1.807, 2.05) is 0 Å². The Hall–Kier alpha value is -2.09. The Labute approximate surface area is 147 Å². The zero-order valence-electron chi connectivity index (χ0n) is 14.2. The lowest BCUT2D eigenvalue weighted by Crippen LogP contribution is -2.47. The van der Waals surface area contributed by atoms with Gasteiger partial charge in [0.25, 0.3) is 0 Å². The lowest BCUT2D eigenvalue weighted by Gasteiger charge is -2.25. The molecule has 25 heavy (non-hydrogen) atoms. The van der Waals surface area contributed by atoms with Crippen molar-refractivity contribution < 1.29 is 27.9 Å². The minimum absolute atomic E-state index is 0.0434. The highest BCUT2D eigenvalue weighted by Crippen LogP contribution is 2.37. The molecule has 0 aliphatic heterocycles. The number of carbonyl (C=O) groups excluding carboxylic acids is 1. The average Bonchev–Trinajstić information content (AvgIpc) is 3.04. The van der Waals surface area contributed by atoms with E-state index in [1.54, 1.807) is 24.3 Å². The molecule has 1 aliphatic carbocycles. The van der Waals surface area contributed by atoms with Gasteiger partial charge in [0.1, 0.15) is 5.75 Å². The van der Waals surface area contributed by atoms with Crippen LogP contribution in [0.4, 0.5) is 5.69 Å². The van der Waals surface area contributed by atoms with Crippen LogP contribution >= 0.6 is 0 Å². The Balaban J connectivity index is 1.96. The number of carboxylic acids is 1. The SMILES string of the molecule is CS(=O)(=O)C1(C(=O)Nc2ccc(OCCCC(=O)O)cc2)CCCC1. The molecule has 1 amide bonds. The summed E-state index contributed by atoms with van der Waals surface area (Å²) in [4.78, 5) is 23.0. The summed E-state index contributed by atoms with van der Waals surface area (Å²) >= 11 is 0. The van der Waals surface area contributed by atoms with E-state index in [0.29, 0.717) is 30.7 Å². The second-order valence-electron chi connectivity index (χ2n) is 6.30. The number of carbonyl (C=O) groups is 2. The Kier molecular flexibility index (Phi) is 6.05. The van der Waals surface area contributed by atoms with Crippen LogP contribution in [0.3, 0.4) is 0 Å². The van der Waals surface area contributed by atoms with Crippen LogP contribution < -0.4 is 10.1 Å². The molecule has 8 heteroatoms. The van der Waals surface area contributed by atoms with Gasteiger partial charge in [-0.1, -0.05) is 12.8 Å². The third-order valence-corrected chi connectivity index (χ3v) is 6.46. The van der Waals surface area contributed by atoms with Gasteiger partial charge in [-0.05, 0) is 43.5 Å². The van der Waals surface area contributed by atoms with Gasteiger partial charge in [-0.2, -0.15) is 0 Å². The van der Waals surface area contributed by atoms with Gasteiger partial charge in [-0.3, -0.25) is 9.59 Å². The fourth-order valence-electron chi connectivity index (χ4n) is 3.01. The Morgan fingerprint density at radius 3 is 2.32 bits per heavy atom. The Bertz CT molecular complexity index is 720. The van der Waals surface area contributed by atoms with Crippen molar-refractivity contribution in [3.63, 3.8) is 0 Å². The third-order valence-electron chi connectivity index (χ3n) is 4.45. The molecule has 0 bridgehead atoms. The summed E-state index contributed by atoms with van der Waals surface area (Å²) in [7, 11) is -3.50. The van der Waals surface area contributed by atoms with Crippen molar-refractivity contribution in [2.24, 2.45) is 0 Å². The van der Waals surface area contributed by atoms with Crippen molar-refractivity contribution in [1.29, 1.82) is 0 Å². The Morgan fingerprint density at radius 1 is 1.20 bits per heavy atom. The normalized spacial score (nSPS) is 16.4. The lowest BCUT2D eigenvalue weighted by molar-refractivity contribution is -0.137. The van der Waals surface area contributed by atoms with E-state index in [-0.39, 0.29) is 13.0 Å². The van der Waals surface area contributed by atoms with Crippen LogP contribution in [0.15, 0.2) is 24.3 Å². The molecule has 138 valence electrons. The molecule has 2 rings (SSSR count). The van der Waals surface area contributed by atoms with E-state index in [4.69, 9.17) is 9.84 Å². The standard InChI is InChI=1S/C17H23NO6S/c1-25(22,23)17(10-2-3-11-17)16(21)18-13-6-8-14(9-7-13)24-12-4-5-15(19)20/h6-9H,2-5,10-12H2,1H3,(H,18,21)(H,19,20). The quantitative estimate of drug-likeness (QED) is 0.680. The smallest absolute Gasteiger partial charge is 0.303 e. The second-order valence-corrected chi connectivity index (χ2v) is 8.62. The highest BCUT2D eigenvalue weighted by atomic mass is 32.2. The molecule has 1 aromatic rings. The van der Waals surface area contributed by atoms with Crippen molar-refractivity contribution in [3.05, 3.63) is 24.3 Å². The highest BCUT2D eigenvalue weighted by Gasteiger charge is 2.49. The predicted molar refractivity (Wildman–Crippen MR) is 93.5 cm³/mol. The minimum atomic E-state index is -3.50. The third kappa shape index (κ3) is 4.72. The van der Waals surface area contributed by atoms with E-state index in [0.717, 1.165) is 19.1 Å². The predicted octanol–water partition coefficient (Wildman–Crippen LogP) is 2.23. The van der Waals surface area contributed by atoms with E-state index >= 15 is 0 Å². The molecule has 0 aromatic heterocycles. The number of benzene rings is 1. The van der Waals surface area contributed by atoms with E-state index in [9.17, 15) is 18.0 Å². The van der Waals surface area contributed by atoms with E-state index in [2.05, 4.69) is 5.32 Å². The molecule has 7 nitrogen and oxygen atoms in total. The van der Waals surface area contributed by atoms with E-state index in [1.165, 1.54) is 0 Å². The first kappa shape index (κ1) is 19.2. The molecule has 0 unspecified atom stereocenters. The summed E-state index contributed by atoms with van der Waals surface area (Å²) in [5.41, 5.74) is 0.498. The second kappa shape index (κ2) is 7.86. The molecule has 0 atom stereocenters. The zero-order valence-corrected chi connectivity index (χ0v) is 15.0. The Morgan fingerprint density at radius 2 is 1.80 bits per heavy atom. The van der Waals surface area contributed by atoms with Gasteiger partial charge in [0, 0.05) is 18.4 Å². The number of hydrogen-bond donors (Lipinski definition) is 2. The van der Waals surface area contributed by atoms with Gasteiger partial charge in [0.15, 0.2) is 14.6 Å². The first-order chi connectivity index (χ1) is 11.7. The number of hydrogen-bond acceptors (Lipinski definition) is 5. The zero-order chi connectivity index (χ0) is 18.5. The highest BCUT2D eigenvalue weighted by molar-refractivity contribution is 7.92. The summed E-state index contributed by atoms with van der Waals surface area (Å²) < 4.78 is 28.3. The van der Waals surface area contributed by atoms with Gasteiger partial charge >= 0.3 is 5.97 Å². The van der Waals surface area contributed by atoms with Crippen LogP contribution in [-0.2, 0) is 19.4 Å². The summed E-state index contributed by atoms with van der Waals surface area (Å²) in [5, 5.41) is 11.2. The molecule has 0 saturated heterocycles. The van der Waals surface area contributed by atoms with Crippen LogP contribution in [-0.4, -0.2) is 43.0 Å². The molecule has 1 fully saturated rings. The fraction of sp³-hybridized carbons (Fsp3) is 0.529.